The van der Waals surface area contributed by atoms with Gasteiger partial charge in [0.2, 0.25) is 0 Å². The first-order valence-corrected chi connectivity index (χ1v) is 12.8. The summed E-state index contributed by atoms with van der Waals surface area (Å²) in [6.45, 7) is 15.8. The van der Waals surface area contributed by atoms with Crippen LogP contribution >= 0.6 is 0 Å². The molecule has 0 unspecified atom stereocenters. The third-order valence-electron chi connectivity index (χ3n) is 6.63. The van der Waals surface area contributed by atoms with Crippen LogP contribution in [0.15, 0.2) is 42.5 Å². The van der Waals surface area contributed by atoms with Crippen LogP contribution in [0, 0.1) is 5.92 Å². The minimum absolute atomic E-state index is 0.0590. The van der Waals surface area contributed by atoms with Gasteiger partial charge in [-0.2, -0.15) is 0 Å². The molecule has 0 saturated carbocycles. The fourth-order valence-corrected chi connectivity index (χ4v) is 4.67. The van der Waals surface area contributed by atoms with Crippen LogP contribution in [0.25, 0.3) is 6.08 Å². The Bertz CT molecular complexity index is 1110. The molecule has 2 aromatic rings. The molecule has 1 N–H and O–H groups in total. The SMILES string of the molecule is CC(C)CN(C)c1c(N2CCN(C)CC2)cc(C(=O)C=Cc2ccc(C(=O)O)cc2)cc1C(C)(C)C. The lowest BCUT2D eigenvalue weighted by molar-refractivity contribution is 0.0696. The average Bonchev–Trinajstić information content (AvgIpc) is 2.81. The van der Waals surface area contributed by atoms with Gasteiger partial charge in [0, 0.05) is 45.3 Å². The topological polar surface area (TPSA) is 64.1 Å². The Morgan fingerprint density at radius 3 is 2.17 bits per heavy atom. The molecular formula is C30H41N3O3. The van der Waals surface area contributed by atoms with Crippen LogP contribution in [0.4, 0.5) is 11.4 Å². The molecule has 2 aromatic carbocycles. The number of carbonyl (C=O) groups is 2. The summed E-state index contributed by atoms with van der Waals surface area (Å²) < 4.78 is 0. The zero-order valence-corrected chi connectivity index (χ0v) is 22.8. The zero-order chi connectivity index (χ0) is 26.6. The van der Waals surface area contributed by atoms with Crippen molar-refractivity contribution in [1.29, 1.82) is 0 Å². The highest BCUT2D eigenvalue weighted by molar-refractivity contribution is 6.08. The molecule has 1 heterocycles. The normalized spacial score (nSPS) is 15.1. The van der Waals surface area contributed by atoms with E-state index < -0.39 is 5.97 Å². The number of aromatic carboxylic acids is 1. The average molecular weight is 492 g/mol. The first-order valence-electron chi connectivity index (χ1n) is 12.8. The van der Waals surface area contributed by atoms with Gasteiger partial charge in [-0.1, -0.05) is 52.8 Å². The Morgan fingerprint density at radius 2 is 1.64 bits per heavy atom. The van der Waals surface area contributed by atoms with Gasteiger partial charge in [0.15, 0.2) is 5.78 Å². The number of hydrogen-bond acceptors (Lipinski definition) is 5. The lowest BCUT2D eigenvalue weighted by Crippen LogP contribution is -2.45. The highest BCUT2D eigenvalue weighted by Gasteiger charge is 2.28. The number of piperazine rings is 1. The Balaban J connectivity index is 2.05. The number of carboxylic acids is 1. The van der Waals surface area contributed by atoms with E-state index in [1.54, 1.807) is 36.4 Å². The highest BCUT2D eigenvalue weighted by atomic mass is 16.4. The number of ketones is 1. The maximum absolute atomic E-state index is 13.4. The van der Waals surface area contributed by atoms with Gasteiger partial charge in [0.25, 0.3) is 0 Å². The number of hydrogen-bond donors (Lipinski definition) is 1. The Hall–Kier alpha value is -3.12. The van der Waals surface area contributed by atoms with Crippen molar-refractivity contribution < 1.29 is 14.7 Å². The molecule has 6 heteroatoms. The number of anilines is 2. The van der Waals surface area contributed by atoms with Crippen LogP contribution in [0.3, 0.4) is 0 Å². The Kier molecular flexibility index (Phi) is 8.62. The number of nitrogens with zero attached hydrogens (tertiary/aromatic N) is 3. The molecule has 1 fully saturated rings. The van der Waals surface area contributed by atoms with Gasteiger partial charge in [-0.3, -0.25) is 4.79 Å². The summed E-state index contributed by atoms with van der Waals surface area (Å²) in [5.41, 5.74) is 5.06. The van der Waals surface area contributed by atoms with Gasteiger partial charge >= 0.3 is 5.97 Å². The standard InChI is InChI=1S/C30H41N3O3/c1-21(2)20-32(7)28-25(30(3,4)5)18-24(19-26(28)33-16-14-31(6)15-17-33)27(34)13-10-22-8-11-23(12-9-22)29(35)36/h8-13,18-19,21H,14-17,20H2,1-7H3,(H,35,36). The third-order valence-corrected chi connectivity index (χ3v) is 6.63. The summed E-state index contributed by atoms with van der Waals surface area (Å²) in [5.74, 6) is -0.508. The molecule has 0 aromatic heterocycles. The van der Waals surface area contributed by atoms with E-state index in [9.17, 15) is 9.59 Å². The van der Waals surface area contributed by atoms with E-state index in [1.165, 1.54) is 11.3 Å². The number of carbonyl (C=O) groups excluding carboxylic acids is 1. The number of carboxylic acid groups (broad SMARTS) is 1. The maximum Gasteiger partial charge on any atom is 0.335 e. The van der Waals surface area contributed by atoms with E-state index in [0.29, 0.717) is 11.5 Å². The molecule has 194 valence electrons. The van der Waals surface area contributed by atoms with Gasteiger partial charge < -0.3 is 19.8 Å². The monoisotopic (exact) mass is 491 g/mol. The minimum Gasteiger partial charge on any atom is -0.478 e. The molecule has 3 rings (SSSR count). The van der Waals surface area contributed by atoms with Gasteiger partial charge in [0.05, 0.1) is 16.9 Å². The number of allylic oxidation sites excluding steroid dienone is 1. The molecule has 1 saturated heterocycles. The zero-order valence-electron chi connectivity index (χ0n) is 22.8. The summed E-state index contributed by atoms with van der Waals surface area (Å²) >= 11 is 0. The first kappa shape index (κ1) is 27.5. The molecule has 0 bridgehead atoms. The molecule has 1 aliphatic rings. The minimum atomic E-state index is -0.963. The predicted octanol–water partition coefficient (Wildman–Crippen LogP) is 5.42. The van der Waals surface area contributed by atoms with Gasteiger partial charge in [-0.15, -0.1) is 0 Å². The molecule has 6 nitrogen and oxygen atoms in total. The van der Waals surface area contributed by atoms with Crippen molar-refractivity contribution >= 4 is 29.2 Å². The lowest BCUT2D eigenvalue weighted by Gasteiger charge is -2.39. The first-order chi connectivity index (χ1) is 16.9. The quantitative estimate of drug-likeness (QED) is 0.393. The van der Waals surface area contributed by atoms with Crippen molar-refractivity contribution in [2.75, 3.05) is 56.6 Å². The van der Waals surface area contributed by atoms with Crippen LogP contribution in [0.1, 0.15) is 66.5 Å². The smallest absolute Gasteiger partial charge is 0.335 e. The third kappa shape index (κ3) is 6.76. The lowest BCUT2D eigenvalue weighted by atomic mass is 9.83. The molecule has 36 heavy (non-hydrogen) atoms. The maximum atomic E-state index is 13.4. The van der Waals surface area contributed by atoms with Crippen LogP contribution < -0.4 is 9.80 Å². The van der Waals surface area contributed by atoms with E-state index in [2.05, 4.69) is 75.5 Å². The number of benzene rings is 2. The van der Waals surface area contributed by atoms with E-state index in [-0.39, 0.29) is 16.8 Å². The van der Waals surface area contributed by atoms with Crippen molar-refractivity contribution in [1.82, 2.24) is 4.90 Å². The van der Waals surface area contributed by atoms with Crippen LogP contribution in [-0.4, -0.2) is 68.6 Å². The molecule has 1 aliphatic heterocycles. The second-order valence-corrected chi connectivity index (χ2v) is 11.3. The van der Waals surface area contributed by atoms with E-state index in [0.717, 1.165) is 44.0 Å². The second-order valence-electron chi connectivity index (χ2n) is 11.3. The van der Waals surface area contributed by atoms with Crippen molar-refractivity contribution in [2.45, 2.75) is 40.0 Å². The predicted molar refractivity (Wildman–Crippen MR) is 150 cm³/mol. The molecule has 0 spiro atoms. The summed E-state index contributed by atoms with van der Waals surface area (Å²) in [7, 11) is 4.31. The molecular weight excluding hydrogens is 450 g/mol. The van der Waals surface area contributed by atoms with E-state index in [4.69, 9.17) is 5.11 Å². The van der Waals surface area contributed by atoms with Crippen molar-refractivity contribution in [3.05, 3.63) is 64.7 Å². The molecule has 0 radical (unpaired) electrons. The van der Waals surface area contributed by atoms with Crippen LogP contribution in [0.5, 0.6) is 0 Å². The molecule has 0 aliphatic carbocycles. The van der Waals surface area contributed by atoms with Crippen molar-refractivity contribution in [3.63, 3.8) is 0 Å². The summed E-state index contributed by atoms with van der Waals surface area (Å²) in [6.07, 6.45) is 3.34. The largest absolute Gasteiger partial charge is 0.478 e. The van der Waals surface area contributed by atoms with Crippen LogP contribution in [0.2, 0.25) is 0 Å². The number of rotatable bonds is 8. The van der Waals surface area contributed by atoms with Gasteiger partial charge in [-0.25, -0.2) is 4.79 Å². The summed E-state index contributed by atoms with van der Waals surface area (Å²) in [4.78, 5) is 31.6. The second kappa shape index (κ2) is 11.3. The van der Waals surface area contributed by atoms with Crippen molar-refractivity contribution in [3.8, 4) is 0 Å². The van der Waals surface area contributed by atoms with E-state index in [1.807, 2.05) is 0 Å². The fraction of sp³-hybridized carbons (Fsp3) is 0.467. The summed E-state index contributed by atoms with van der Waals surface area (Å²) in [5, 5.41) is 9.11. The Labute approximate surface area is 216 Å². The highest BCUT2D eigenvalue weighted by Crippen LogP contribution is 2.41. The fourth-order valence-electron chi connectivity index (χ4n) is 4.67. The summed E-state index contributed by atoms with van der Waals surface area (Å²) in [6, 6.07) is 10.7. The van der Waals surface area contributed by atoms with Gasteiger partial charge in [-0.05, 0) is 59.8 Å². The van der Waals surface area contributed by atoms with E-state index >= 15 is 0 Å². The van der Waals surface area contributed by atoms with Crippen LogP contribution in [-0.2, 0) is 5.41 Å². The van der Waals surface area contributed by atoms with Gasteiger partial charge in [0.1, 0.15) is 0 Å². The molecule has 0 amide bonds. The number of likely N-dealkylation sites (N-methyl/N-ethyl adjacent to an activating group) is 1. The van der Waals surface area contributed by atoms with Crippen molar-refractivity contribution in [2.24, 2.45) is 5.92 Å². The molecule has 0 atom stereocenters. The Morgan fingerprint density at radius 1 is 1.03 bits per heavy atom.